The first-order chi connectivity index (χ1) is 6.73. The molecule has 1 aliphatic heterocycles. The summed E-state index contributed by atoms with van der Waals surface area (Å²) in [6, 6.07) is 0.480. The summed E-state index contributed by atoms with van der Waals surface area (Å²) in [4.78, 5) is 0. The largest absolute Gasteiger partial charge is 0.374 e. The second kappa shape index (κ2) is 5.52. The molecule has 0 aromatic rings. The van der Waals surface area contributed by atoms with Gasteiger partial charge in [0, 0.05) is 12.6 Å². The molecule has 2 unspecified atom stereocenters. The lowest BCUT2D eigenvalue weighted by Crippen LogP contribution is -2.48. The molecule has 1 heterocycles. The monoisotopic (exact) mass is 197 g/mol. The van der Waals surface area contributed by atoms with E-state index in [4.69, 9.17) is 4.74 Å². The lowest BCUT2D eigenvalue weighted by atomic mass is 9.89. The van der Waals surface area contributed by atoms with Crippen molar-refractivity contribution >= 4 is 0 Å². The molecule has 2 heteroatoms. The number of hydrogen-bond donors (Lipinski definition) is 1. The maximum atomic E-state index is 5.86. The number of hydrogen-bond acceptors (Lipinski definition) is 2. The van der Waals surface area contributed by atoms with Crippen molar-refractivity contribution in [3.8, 4) is 0 Å². The zero-order valence-corrected chi connectivity index (χ0v) is 9.51. The molecule has 0 aromatic carbocycles. The van der Waals surface area contributed by atoms with E-state index in [1.54, 1.807) is 0 Å². The topological polar surface area (TPSA) is 21.3 Å². The van der Waals surface area contributed by atoms with E-state index in [-0.39, 0.29) is 5.60 Å². The van der Waals surface area contributed by atoms with Crippen molar-refractivity contribution in [1.29, 1.82) is 0 Å². The Hall–Kier alpha value is -0.340. The van der Waals surface area contributed by atoms with Crippen LogP contribution in [-0.4, -0.2) is 24.8 Å². The normalized spacial score (nSPS) is 29.0. The van der Waals surface area contributed by atoms with Crippen LogP contribution in [0.1, 0.15) is 39.5 Å². The first kappa shape index (κ1) is 11.7. The summed E-state index contributed by atoms with van der Waals surface area (Å²) in [6.07, 6.45) is 6.57. The zero-order chi connectivity index (χ0) is 10.4. The highest BCUT2D eigenvalue weighted by Gasteiger charge is 2.37. The van der Waals surface area contributed by atoms with Crippen LogP contribution in [-0.2, 0) is 4.74 Å². The molecule has 82 valence electrons. The number of nitrogens with one attached hydrogen (secondary N) is 1. The van der Waals surface area contributed by atoms with Crippen LogP contribution in [0.15, 0.2) is 12.7 Å². The molecule has 1 saturated heterocycles. The first-order valence-corrected chi connectivity index (χ1v) is 5.71. The zero-order valence-electron chi connectivity index (χ0n) is 9.51. The fourth-order valence-corrected chi connectivity index (χ4v) is 2.23. The summed E-state index contributed by atoms with van der Waals surface area (Å²) >= 11 is 0. The average Bonchev–Trinajstić information content (AvgIpc) is 2.60. The summed E-state index contributed by atoms with van der Waals surface area (Å²) in [6.45, 7) is 10.1. The Kier molecular flexibility index (Phi) is 4.63. The Bertz CT molecular complexity index is 173. The van der Waals surface area contributed by atoms with E-state index < -0.39 is 0 Å². The van der Waals surface area contributed by atoms with Gasteiger partial charge < -0.3 is 10.1 Å². The van der Waals surface area contributed by atoms with Crippen molar-refractivity contribution in [3.63, 3.8) is 0 Å². The summed E-state index contributed by atoms with van der Waals surface area (Å²) in [5, 5.41) is 3.53. The minimum absolute atomic E-state index is 0.0546. The maximum Gasteiger partial charge on any atom is 0.0807 e. The van der Waals surface area contributed by atoms with Crippen molar-refractivity contribution in [2.24, 2.45) is 0 Å². The highest BCUT2D eigenvalue weighted by Crippen LogP contribution is 2.30. The molecule has 1 rings (SSSR count). The van der Waals surface area contributed by atoms with Crippen LogP contribution < -0.4 is 5.32 Å². The molecule has 0 amide bonds. The minimum Gasteiger partial charge on any atom is -0.374 e. The minimum atomic E-state index is 0.0546. The fourth-order valence-electron chi connectivity index (χ4n) is 2.23. The van der Waals surface area contributed by atoms with Crippen LogP contribution >= 0.6 is 0 Å². The van der Waals surface area contributed by atoms with Crippen LogP contribution in [0.25, 0.3) is 0 Å². The molecule has 0 aromatic heterocycles. The molecule has 14 heavy (non-hydrogen) atoms. The van der Waals surface area contributed by atoms with Gasteiger partial charge in [-0.2, -0.15) is 0 Å². The predicted octanol–water partition coefficient (Wildman–Crippen LogP) is 2.50. The maximum absolute atomic E-state index is 5.86. The summed E-state index contributed by atoms with van der Waals surface area (Å²) < 4.78 is 5.86. The molecule has 1 aliphatic rings. The van der Waals surface area contributed by atoms with Gasteiger partial charge in [0.15, 0.2) is 0 Å². The number of rotatable bonds is 6. The summed E-state index contributed by atoms with van der Waals surface area (Å²) in [5.74, 6) is 0. The van der Waals surface area contributed by atoms with Crippen molar-refractivity contribution in [2.45, 2.75) is 51.2 Å². The molecule has 1 N–H and O–H groups in total. The lowest BCUT2D eigenvalue weighted by Gasteiger charge is -2.33. The van der Waals surface area contributed by atoms with Gasteiger partial charge in [-0.05, 0) is 39.2 Å². The summed E-state index contributed by atoms with van der Waals surface area (Å²) in [7, 11) is 0. The quantitative estimate of drug-likeness (QED) is 0.661. The van der Waals surface area contributed by atoms with Crippen molar-refractivity contribution in [1.82, 2.24) is 5.32 Å². The van der Waals surface area contributed by atoms with Gasteiger partial charge in [0.05, 0.1) is 5.60 Å². The third kappa shape index (κ3) is 2.82. The second-order valence-electron chi connectivity index (χ2n) is 4.24. The van der Waals surface area contributed by atoms with Gasteiger partial charge in [-0.1, -0.05) is 13.0 Å². The van der Waals surface area contributed by atoms with Crippen LogP contribution in [0.4, 0.5) is 0 Å². The predicted molar refractivity (Wildman–Crippen MR) is 60.5 cm³/mol. The van der Waals surface area contributed by atoms with Gasteiger partial charge in [-0.3, -0.25) is 0 Å². The first-order valence-electron chi connectivity index (χ1n) is 5.71. The third-order valence-corrected chi connectivity index (χ3v) is 3.10. The highest BCUT2D eigenvalue weighted by atomic mass is 16.5. The molecular weight excluding hydrogens is 174 g/mol. The molecular formula is C12H23NO. The van der Waals surface area contributed by atoms with Gasteiger partial charge in [0.25, 0.3) is 0 Å². The molecule has 2 nitrogen and oxygen atoms in total. The van der Waals surface area contributed by atoms with Gasteiger partial charge >= 0.3 is 0 Å². The Balaban J connectivity index is 2.50. The van der Waals surface area contributed by atoms with Crippen molar-refractivity contribution in [2.75, 3.05) is 13.2 Å². The Morgan fingerprint density at radius 1 is 1.64 bits per heavy atom. The van der Waals surface area contributed by atoms with E-state index in [0.29, 0.717) is 6.04 Å². The molecule has 0 saturated carbocycles. The number of allylic oxidation sites excluding steroid dienone is 1. The Labute approximate surface area is 87.7 Å². The lowest BCUT2D eigenvalue weighted by molar-refractivity contribution is -0.0131. The number of likely N-dealkylation sites (N-methyl/N-ethyl adjacent to an activating group) is 1. The number of ether oxygens (including phenoxy) is 1. The van der Waals surface area contributed by atoms with E-state index in [2.05, 4.69) is 25.7 Å². The van der Waals surface area contributed by atoms with Crippen LogP contribution in [0.3, 0.4) is 0 Å². The van der Waals surface area contributed by atoms with E-state index in [1.807, 2.05) is 6.08 Å². The van der Waals surface area contributed by atoms with Gasteiger partial charge in [0.2, 0.25) is 0 Å². The summed E-state index contributed by atoms with van der Waals surface area (Å²) in [5.41, 5.74) is 0.0546. The van der Waals surface area contributed by atoms with Crippen LogP contribution in [0.2, 0.25) is 0 Å². The molecule has 0 aliphatic carbocycles. The molecule has 0 spiro atoms. The van der Waals surface area contributed by atoms with Crippen molar-refractivity contribution < 1.29 is 4.74 Å². The van der Waals surface area contributed by atoms with Crippen LogP contribution in [0.5, 0.6) is 0 Å². The average molecular weight is 197 g/mol. The van der Waals surface area contributed by atoms with Crippen LogP contribution in [0, 0.1) is 0 Å². The standard InChI is InChI=1S/C12H23NO/c1-4-6-8-11(13-5-2)12(3)9-7-10-14-12/h4,11,13H,1,5-10H2,2-3H3. The molecule has 0 bridgehead atoms. The smallest absolute Gasteiger partial charge is 0.0807 e. The SMILES string of the molecule is C=CCCC(NCC)C1(C)CCCO1. The van der Waals surface area contributed by atoms with E-state index in [0.717, 1.165) is 26.0 Å². The second-order valence-corrected chi connectivity index (χ2v) is 4.24. The van der Waals surface area contributed by atoms with E-state index in [9.17, 15) is 0 Å². The Morgan fingerprint density at radius 3 is 2.93 bits per heavy atom. The van der Waals surface area contributed by atoms with E-state index >= 15 is 0 Å². The molecule has 0 radical (unpaired) electrons. The Morgan fingerprint density at radius 2 is 2.43 bits per heavy atom. The highest BCUT2D eigenvalue weighted by molar-refractivity contribution is 4.93. The van der Waals surface area contributed by atoms with Gasteiger partial charge in [0.1, 0.15) is 0 Å². The molecule has 2 atom stereocenters. The van der Waals surface area contributed by atoms with Gasteiger partial charge in [-0.15, -0.1) is 6.58 Å². The van der Waals surface area contributed by atoms with Crippen molar-refractivity contribution in [3.05, 3.63) is 12.7 Å². The fraction of sp³-hybridized carbons (Fsp3) is 0.833. The van der Waals surface area contributed by atoms with E-state index in [1.165, 1.54) is 12.8 Å². The third-order valence-electron chi connectivity index (χ3n) is 3.10. The van der Waals surface area contributed by atoms with Gasteiger partial charge in [-0.25, -0.2) is 0 Å². The molecule has 1 fully saturated rings.